The third kappa shape index (κ3) is 2.87. The van der Waals surface area contributed by atoms with E-state index in [1.807, 2.05) is 0 Å². The van der Waals surface area contributed by atoms with Gasteiger partial charge in [-0.3, -0.25) is 4.79 Å². The average Bonchev–Trinajstić information content (AvgIpc) is 2.63. The Labute approximate surface area is 100.0 Å². The normalized spacial score (nSPS) is 34.4. The van der Waals surface area contributed by atoms with Gasteiger partial charge < -0.3 is 0 Å². The van der Waals surface area contributed by atoms with Crippen molar-refractivity contribution in [1.82, 2.24) is 0 Å². The van der Waals surface area contributed by atoms with Crippen molar-refractivity contribution in [3.8, 4) is 0 Å². The van der Waals surface area contributed by atoms with Crippen LogP contribution in [0.4, 0.5) is 0 Å². The van der Waals surface area contributed by atoms with Gasteiger partial charge in [0.15, 0.2) is 0 Å². The number of Topliss-reactive ketones (excluding diaryl/α,β-unsaturated/α-hetero) is 1. The zero-order chi connectivity index (χ0) is 11.4. The van der Waals surface area contributed by atoms with Crippen LogP contribution in [0.5, 0.6) is 0 Å². The molecule has 0 N–H and O–H groups in total. The summed E-state index contributed by atoms with van der Waals surface area (Å²) in [6.45, 7) is 2.15. The first-order valence-corrected chi connectivity index (χ1v) is 7.33. The number of rotatable bonds is 1. The van der Waals surface area contributed by atoms with E-state index < -0.39 is 0 Å². The van der Waals surface area contributed by atoms with Crippen molar-refractivity contribution in [3.05, 3.63) is 0 Å². The van der Waals surface area contributed by atoms with E-state index in [2.05, 4.69) is 6.92 Å². The lowest BCUT2D eigenvalue weighted by Gasteiger charge is -2.25. The topological polar surface area (TPSA) is 17.1 Å². The van der Waals surface area contributed by atoms with Crippen LogP contribution in [0.25, 0.3) is 0 Å². The zero-order valence-corrected chi connectivity index (χ0v) is 10.7. The number of carbonyl (C=O) groups is 1. The predicted octanol–water partition coefficient (Wildman–Crippen LogP) is 4.35. The fourth-order valence-electron chi connectivity index (χ4n) is 3.65. The Bertz CT molecular complexity index is 226. The third-order valence-electron chi connectivity index (χ3n) is 4.72. The van der Waals surface area contributed by atoms with Crippen LogP contribution in [0.15, 0.2) is 0 Å². The summed E-state index contributed by atoms with van der Waals surface area (Å²) in [4.78, 5) is 12.4. The van der Waals surface area contributed by atoms with Gasteiger partial charge in [0, 0.05) is 11.8 Å². The molecule has 92 valence electrons. The fraction of sp³-hybridized carbons (Fsp3) is 0.933. The molecule has 0 radical (unpaired) electrons. The van der Waals surface area contributed by atoms with Crippen molar-refractivity contribution >= 4 is 5.78 Å². The quantitative estimate of drug-likeness (QED) is 0.603. The van der Waals surface area contributed by atoms with Gasteiger partial charge in [-0.05, 0) is 31.6 Å². The Morgan fingerprint density at radius 2 is 1.38 bits per heavy atom. The third-order valence-corrected chi connectivity index (χ3v) is 4.72. The van der Waals surface area contributed by atoms with E-state index in [4.69, 9.17) is 0 Å². The molecule has 0 amide bonds. The molecule has 2 saturated carbocycles. The summed E-state index contributed by atoms with van der Waals surface area (Å²) in [7, 11) is 0. The molecule has 1 nitrogen and oxygen atoms in total. The largest absolute Gasteiger partial charge is 0.299 e. The molecule has 0 spiro atoms. The standard InChI is InChI=1S/C15H26O/c1-12-8-6-7-11-14(15(12)16)13-9-4-2-3-5-10-13/h12-14H,2-11H2,1H3. The van der Waals surface area contributed by atoms with E-state index in [1.165, 1.54) is 57.8 Å². The molecule has 0 aromatic carbocycles. The van der Waals surface area contributed by atoms with Crippen LogP contribution >= 0.6 is 0 Å². The minimum Gasteiger partial charge on any atom is -0.299 e. The maximum atomic E-state index is 12.4. The van der Waals surface area contributed by atoms with Crippen molar-refractivity contribution in [2.75, 3.05) is 0 Å². The predicted molar refractivity (Wildman–Crippen MR) is 67.3 cm³/mol. The Morgan fingerprint density at radius 1 is 0.812 bits per heavy atom. The van der Waals surface area contributed by atoms with Gasteiger partial charge >= 0.3 is 0 Å². The summed E-state index contributed by atoms with van der Waals surface area (Å²) in [5.41, 5.74) is 0. The van der Waals surface area contributed by atoms with E-state index >= 15 is 0 Å². The second kappa shape index (κ2) is 5.84. The van der Waals surface area contributed by atoms with Crippen LogP contribution in [0.2, 0.25) is 0 Å². The minimum absolute atomic E-state index is 0.343. The molecule has 0 aromatic heterocycles. The zero-order valence-electron chi connectivity index (χ0n) is 10.7. The second-order valence-electron chi connectivity index (χ2n) is 5.95. The van der Waals surface area contributed by atoms with Gasteiger partial charge in [0.1, 0.15) is 5.78 Å². The lowest BCUT2D eigenvalue weighted by molar-refractivity contribution is -0.128. The monoisotopic (exact) mass is 222 g/mol. The van der Waals surface area contributed by atoms with Crippen molar-refractivity contribution in [3.63, 3.8) is 0 Å². The highest BCUT2D eigenvalue weighted by atomic mass is 16.1. The number of ketones is 1. The average molecular weight is 222 g/mol. The van der Waals surface area contributed by atoms with E-state index in [1.54, 1.807) is 0 Å². The van der Waals surface area contributed by atoms with E-state index in [9.17, 15) is 4.79 Å². The van der Waals surface area contributed by atoms with Crippen LogP contribution in [0, 0.1) is 17.8 Å². The maximum Gasteiger partial charge on any atom is 0.139 e. The van der Waals surface area contributed by atoms with Gasteiger partial charge in [-0.15, -0.1) is 0 Å². The molecule has 2 atom stereocenters. The smallest absolute Gasteiger partial charge is 0.139 e. The number of hydrogen-bond acceptors (Lipinski definition) is 1. The number of carbonyl (C=O) groups excluding carboxylic acids is 1. The Kier molecular flexibility index (Phi) is 4.43. The molecule has 0 aliphatic heterocycles. The van der Waals surface area contributed by atoms with Crippen LogP contribution in [-0.4, -0.2) is 5.78 Å². The molecule has 2 fully saturated rings. The molecule has 0 bridgehead atoms. The van der Waals surface area contributed by atoms with Crippen LogP contribution in [-0.2, 0) is 4.79 Å². The van der Waals surface area contributed by atoms with Crippen LogP contribution < -0.4 is 0 Å². The second-order valence-corrected chi connectivity index (χ2v) is 5.95. The van der Waals surface area contributed by atoms with Crippen LogP contribution in [0.3, 0.4) is 0 Å². The van der Waals surface area contributed by atoms with E-state index in [0.29, 0.717) is 17.6 Å². The summed E-state index contributed by atoms with van der Waals surface area (Å²) in [6, 6.07) is 0. The van der Waals surface area contributed by atoms with Gasteiger partial charge in [0.2, 0.25) is 0 Å². The van der Waals surface area contributed by atoms with Gasteiger partial charge in [-0.25, -0.2) is 0 Å². The SMILES string of the molecule is CC1CCCCC(C2CCCCCC2)C1=O. The minimum atomic E-state index is 0.343. The molecular formula is C15H26O. The highest BCUT2D eigenvalue weighted by molar-refractivity contribution is 5.83. The highest BCUT2D eigenvalue weighted by Crippen LogP contribution is 2.36. The molecule has 2 aliphatic carbocycles. The van der Waals surface area contributed by atoms with E-state index in [0.717, 1.165) is 12.3 Å². The molecule has 2 rings (SSSR count). The highest BCUT2D eigenvalue weighted by Gasteiger charge is 2.32. The van der Waals surface area contributed by atoms with Crippen molar-refractivity contribution in [1.29, 1.82) is 0 Å². The maximum absolute atomic E-state index is 12.4. The molecule has 1 heteroatoms. The molecule has 0 heterocycles. The molecule has 2 unspecified atom stereocenters. The first-order chi connectivity index (χ1) is 7.79. The lowest BCUT2D eigenvalue weighted by Crippen LogP contribution is -2.26. The lowest BCUT2D eigenvalue weighted by atomic mass is 9.78. The first-order valence-electron chi connectivity index (χ1n) is 7.33. The van der Waals surface area contributed by atoms with Gasteiger partial charge in [-0.1, -0.05) is 45.4 Å². The van der Waals surface area contributed by atoms with Crippen LogP contribution in [0.1, 0.15) is 71.1 Å². The van der Waals surface area contributed by atoms with Crippen molar-refractivity contribution in [2.45, 2.75) is 71.1 Å². The summed E-state index contributed by atoms with van der Waals surface area (Å²) in [5, 5.41) is 0. The molecule has 16 heavy (non-hydrogen) atoms. The molecule has 0 saturated heterocycles. The summed E-state index contributed by atoms with van der Waals surface area (Å²) >= 11 is 0. The van der Waals surface area contributed by atoms with Crippen molar-refractivity contribution < 1.29 is 4.79 Å². The molecular weight excluding hydrogens is 196 g/mol. The Balaban J connectivity index is 2.01. The Morgan fingerprint density at radius 3 is 2.06 bits per heavy atom. The fourth-order valence-corrected chi connectivity index (χ4v) is 3.65. The summed E-state index contributed by atoms with van der Waals surface area (Å²) < 4.78 is 0. The summed E-state index contributed by atoms with van der Waals surface area (Å²) in [6.07, 6.45) is 13.1. The van der Waals surface area contributed by atoms with Gasteiger partial charge in [-0.2, -0.15) is 0 Å². The number of hydrogen-bond donors (Lipinski definition) is 0. The van der Waals surface area contributed by atoms with E-state index in [-0.39, 0.29) is 0 Å². The Hall–Kier alpha value is -0.330. The van der Waals surface area contributed by atoms with Crippen molar-refractivity contribution in [2.24, 2.45) is 17.8 Å². The molecule has 0 aromatic rings. The molecule has 2 aliphatic rings. The summed E-state index contributed by atoms with van der Waals surface area (Å²) in [5.74, 6) is 2.10. The first kappa shape index (κ1) is 12.1. The van der Waals surface area contributed by atoms with Gasteiger partial charge in [0.25, 0.3) is 0 Å². The van der Waals surface area contributed by atoms with Gasteiger partial charge in [0.05, 0.1) is 0 Å².